The molecule has 3 aromatic rings. The number of benzene rings is 1. The molecular weight excluding hydrogens is 569 g/mol. The van der Waals surface area contributed by atoms with Crippen LogP contribution in [0.25, 0.3) is 0 Å². The molecule has 10 nitrogen and oxygen atoms in total. The average molecular weight is 593 g/mol. The molecule has 0 radical (unpaired) electrons. The number of amidine groups is 1. The molecule has 2 aliphatic heterocycles. The number of anilines is 1. The van der Waals surface area contributed by atoms with Crippen LogP contribution in [-0.4, -0.2) is 64.9 Å². The maximum absolute atomic E-state index is 14.7. The second kappa shape index (κ2) is 11.0. The fourth-order valence-corrected chi connectivity index (χ4v) is 5.70. The number of amides is 1. The van der Waals surface area contributed by atoms with Gasteiger partial charge in [0.25, 0.3) is 5.92 Å². The van der Waals surface area contributed by atoms with Crippen molar-refractivity contribution in [3.8, 4) is 0 Å². The Bertz CT molecular complexity index is 1450. The van der Waals surface area contributed by atoms with Crippen LogP contribution in [-0.2, 0) is 19.8 Å². The highest BCUT2D eigenvalue weighted by molar-refractivity contribution is 7.13. The van der Waals surface area contributed by atoms with Crippen molar-refractivity contribution in [2.45, 2.75) is 30.8 Å². The van der Waals surface area contributed by atoms with Crippen LogP contribution in [0.5, 0.6) is 0 Å². The van der Waals surface area contributed by atoms with Gasteiger partial charge in [-0.2, -0.15) is 0 Å². The van der Waals surface area contributed by atoms with Gasteiger partial charge in [0.15, 0.2) is 21.7 Å². The summed E-state index contributed by atoms with van der Waals surface area (Å²) in [6, 6.07) is 4.21. The summed E-state index contributed by atoms with van der Waals surface area (Å²) < 4.78 is 53.5. The molecule has 0 saturated carbocycles. The zero-order valence-electron chi connectivity index (χ0n) is 21.2. The number of hydrogen-bond donors (Lipinski definition) is 2. The maximum Gasteiger partial charge on any atom is 0.513 e. The van der Waals surface area contributed by atoms with Crippen LogP contribution in [0.2, 0.25) is 0 Å². The molecule has 1 aromatic carbocycles. The van der Waals surface area contributed by atoms with Crippen LogP contribution in [0.1, 0.15) is 23.9 Å². The van der Waals surface area contributed by atoms with Gasteiger partial charge in [-0.05, 0) is 24.6 Å². The van der Waals surface area contributed by atoms with Gasteiger partial charge >= 0.3 is 6.16 Å². The SMILES string of the molecule is COC(=O)OC1=C(CN2CC(F)(F)C[C@H]2C(=O)Nc2nccs2)NC(c2nccs2)=N[C@@]1(C)c1ccc(F)cc1. The minimum absolute atomic E-state index is 0.0550. The molecule has 1 amide bonds. The van der Waals surface area contributed by atoms with Crippen LogP contribution in [0.3, 0.4) is 0 Å². The summed E-state index contributed by atoms with van der Waals surface area (Å²) in [6.07, 6.45) is 1.28. The highest BCUT2D eigenvalue weighted by atomic mass is 32.1. The van der Waals surface area contributed by atoms with E-state index in [-0.39, 0.29) is 29.0 Å². The molecule has 2 aliphatic rings. The first kappa shape index (κ1) is 27.7. The molecule has 40 heavy (non-hydrogen) atoms. The van der Waals surface area contributed by atoms with Gasteiger partial charge in [0, 0.05) is 36.1 Å². The molecule has 0 bridgehead atoms. The molecule has 210 valence electrons. The molecule has 0 unspecified atom stereocenters. The van der Waals surface area contributed by atoms with Gasteiger partial charge in [-0.3, -0.25) is 9.69 Å². The van der Waals surface area contributed by atoms with Crippen molar-refractivity contribution < 1.29 is 32.2 Å². The van der Waals surface area contributed by atoms with Crippen molar-refractivity contribution in [3.05, 3.63) is 75.3 Å². The Balaban J connectivity index is 1.57. The van der Waals surface area contributed by atoms with Crippen molar-refractivity contribution in [1.29, 1.82) is 0 Å². The third-order valence-electron chi connectivity index (χ3n) is 6.41. The number of aromatic nitrogens is 2. The lowest BCUT2D eigenvalue weighted by molar-refractivity contribution is -0.120. The predicted molar refractivity (Wildman–Crippen MR) is 142 cm³/mol. The van der Waals surface area contributed by atoms with E-state index in [0.29, 0.717) is 10.6 Å². The third kappa shape index (κ3) is 5.71. The topological polar surface area (TPSA) is 118 Å². The fraction of sp³-hybridized carbons (Fsp3) is 0.320. The van der Waals surface area contributed by atoms with Crippen LogP contribution in [0.15, 0.2) is 63.9 Å². The van der Waals surface area contributed by atoms with E-state index in [4.69, 9.17) is 14.5 Å². The lowest BCUT2D eigenvalue weighted by atomic mass is 9.88. The Morgan fingerprint density at radius 1 is 1.18 bits per heavy atom. The summed E-state index contributed by atoms with van der Waals surface area (Å²) in [5.41, 5.74) is -0.794. The van der Waals surface area contributed by atoms with Gasteiger partial charge in [-0.25, -0.2) is 32.9 Å². The standard InChI is InChI=1S/C25H23F3N6O4S2/c1-24(14-3-5-15(26)6-4-14)18(38-23(36)37-2)16(31-19(33-24)21-29-7-9-39-21)12-34-13-25(27,28)11-17(34)20(35)32-22-30-8-10-40-22/h3-10,17H,11-13H2,1-2H3,(H,31,33)(H,30,32,35)/t17-,24-/m0/s1. The second-order valence-corrected chi connectivity index (χ2v) is 11.0. The van der Waals surface area contributed by atoms with E-state index in [1.807, 2.05) is 0 Å². The van der Waals surface area contributed by atoms with Gasteiger partial charge in [0.2, 0.25) is 5.91 Å². The number of halogens is 3. The van der Waals surface area contributed by atoms with Crippen LogP contribution >= 0.6 is 22.7 Å². The number of aliphatic imine (C=N–C) groups is 1. The summed E-state index contributed by atoms with van der Waals surface area (Å²) in [5, 5.41) is 9.81. The molecule has 2 aromatic heterocycles. The second-order valence-electron chi connectivity index (χ2n) is 9.17. The van der Waals surface area contributed by atoms with E-state index < -0.39 is 48.3 Å². The third-order valence-corrected chi connectivity index (χ3v) is 7.88. The molecule has 0 spiro atoms. The van der Waals surface area contributed by atoms with Gasteiger partial charge in [-0.1, -0.05) is 12.1 Å². The van der Waals surface area contributed by atoms with Crippen molar-refractivity contribution in [2.75, 3.05) is 25.5 Å². The minimum Gasteiger partial charge on any atom is -0.437 e. The Morgan fingerprint density at radius 3 is 2.55 bits per heavy atom. The van der Waals surface area contributed by atoms with Crippen LogP contribution in [0, 0.1) is 5.82 Å². The number of nitrogens with zero attached hydrogens (tertiary/aromatic N) is 4. The Morgan fingerprint density at radius 2 is 1.90 bits per heavy atom. The van der Waals surface area contributed by atoms with E-state index in [1.54, 1.807) is 23.9 Å². The number of hydrogen-bond acceptors (Lipinski definition) is 11. The Kier molecular flexibility index (Phi) is 7.61. The van der Waals surface area contributed by atoms with Crippen LogP contribution in [0.4, 0.5) is 23.1 Å². The Hall–Kier alpha value is -3.82. The normalized spacial score (nSPS) is 22.4. The van der Waals surface area contributed by atoms with E-state index in [2.05, 4.69) is 20.6 Å². The highest BCUT2D eigenvalue weighted by Crippen LogP contribution is 2.41. The largest absolute Gasteiger partial charge is 0.513 e. The van der Waals surface area contributed by atoms with E-state index in [1.165, 1.54) is 46.7 Å². The summed E-state index contributed by atoms with van der Waals surface area (Å²) >= 11 is 2.44. The van der Waals surface area contributed by atoms with E-state index in [9.17, 15) is 22.8 Å². The molecule has 2 N–H and O–H groups in total. The number of ether oxygens (including phenoxy) is 2. The zero-order chi connectivity index (χ0) is 28.5. The summed E-state index contributed by atoms with van der Waals surface area (Å²) in [4.78, 5) is 39.8. The lowest BCUT2D eigenvalue weighted by Crippen LogP contribution is -2.47. The van der Waals surface area contributed by atoms with Gasteiger partial charge in [0.1, 0.15) is 11.4 Å². The quantitative estimate of drug-likeness (QED) is 0.389. The van der Waals surface area contributed by atoms with Crippen molar-refractivity contribution >= 4 is 45.7 Å². The molecular formula is C25H23F3N6O4S2. The van der Waals surface area contributed by atoms with Crippen molar-refractivity contribution in [1.82, 2.24) is 20.2 Å². The molecule has 5 rings (SSSR count). The molecule has 2 atom stereocenters. The van der Waals surface area contributed by atoms with Gasteiger partial charge in [0.05, 0.1) is 25.4 Å². The van der Waals surface area contributed by atoms with E-state index in [0.717, 1.165) is 18.4 Å². The smallest absolute Gasteiger partial charge is 0.437 e. The van der Waals surface area contributed by atoms with Crippen LogP contribution < -0.4 is 10.6 Å². The predicted octanol–water partition coefficient (Wildman–Crippen LogP) is 4.35. The van der Waals surface area contributed by atoms with Crippen molar-refractivity contribution in [3.63, 3.8) is 0 Å². The lowest BCUT2D eigenvalue weighted by Gasteiger charge is -2.36. The number of carbonyl (C=O) groups is 2. The fourth-order valence-electron chi connectivity index (χ4n) is 4.59. The van der Waals surface area contributed by atoms with Crippen molar-refractivity contribution in [2.24, 2.45) is 4.99 Å². The summed E-state index contributed by atoms with van der Waals surface area (Å²) in [6.45, 7) is 0.661. The molecule has 4 heterocycles. The van der Waals surface area contributed by atoms with Gasteiger partial charge < -0.3 is 20.1 Å². The summed E-state index contributed by atoms with van der Waals surface area (Å²) in [5.74, 6) is -4.06. The Labute approximate surface area is 234 Å². The molecule has 0 aliphatic carbocycles. The first-order valence-corrected chi connectivity index (χ1v) is 13.7. The van der Waals surface area contributed by atoms with E-state index >= 15 is 0 Å². The number of thiazole rings is 2. The number of nitrogens with one attached hydrogen (secondary N) is 2. The number of alkyl halides is 2. The average Bonchev–Trinajstić information content (AvgIpc) is 3.68. The highest BCUT2D eigenvalue weighted by Gasteiger charge is 2.50. The zero-order valence-corrected chi connectivity index (χ0v) is 22.8. The maximum atomic E-state index is 14.7. The summed E-state index contributed by atoms with van der Waals surface area (Å²) in [7, 11) is 1.12. The first-order valence-electron chi connectivity index (χ1n) is 11.9. The molecule has 1 fully saturated rings. The number of methoxy groups -OCH3 is 1. The number of carbonyl (C=O) groups excluding carboxylic acids is 2. The number of rotatable bonds is 7. The van der Waals surface area contributed by atoms with Gasteiger partial charge in [-0.15, -0.1) is 22.7 Å². The molecule has 15 heteroatoms. The molecule has 1 saturated heterocycles. The number of likely N-dealkylation sites (tertiary alicyclic amines) is 1. The minimum atomic E-state index is -3.16. The first-order chi connectivity index (χ1) is 19.1. The monoisotopic (exact) mass is 592 g/mol.